The topological polar surface area (TPSA) is 17.1 Å². The standard InChI is InChI=1S/C15H24OS/c1-6-13-7-8-14(17-13)10-12(16)9-11(2)15(3,4)5/h7-8,11H,6,9-10H2,1-5H3. The van der Waals surface area contributed by atoms with Crippen LogP contribution in [0.2, 0.25) is 0 Å². The summed E-state index contributed by atoms with van der Waals surface area (Å²) in [4.78, 5) is 14.6. The fourth-order valence-corrected chi connectivity index (χ4v) is 2.61. The Balaban J connectivity index is 2.50. The van der Waals surface area contributed by atoms with Crippen LogP contribution in [0.15, 0.2) is 12.1 Å². The smallest absolute Gasteiger partial charge is 0.138 e. The van der Waals surface area contributed by atoms with Crippen molar-refractivity contribution in [2.45, 2.75) is 53.9 Å². The van der Waals surface area contributed by atoms with Crippen molar-refractivity contribution in [3.63, 3.8) is 0 Å². The quantitative estimate of drug-likeness (QED) is 0.754. The predicted molar refractivity (Wildman–Crippen MR) is 75.6 cm³/mol. The van der Waals surface area contributed by atoms with Gasteiger partial charge in [-0.3, -0.25) is 4.79 Å². The van der Waals surface area contributed by atoms with E-state index in [-0.39, 0.29) is 5.41 Å². The molecular weight excluding hydrogens is 228 g/mol. The lowest BCUT2D eigenvalue weighted by molar-refractivity contribution is -0.119. The molecule has 1 aromatic rings. The van der Waals surface area contributed by atoms with Crippen LogP contribution in [0.3, 0.4) is 0 Å². The second kappa shape index (κ2) is 5.81. The Morgan fingerprint density at radius 3 is 2.35 bits per heavy atom. The van der Waals surface area contributed by atoms with Crippen LogP contribution in [-0.4, -0.2) is 5.78 Å². The number of hydrogen-bond donors (Lipinski definition) is 0. The van der Waals surface area contributed by atoms with Gasteiger partial charge in [-0.25, -0.2) is 0 Å². The fourth-order valence-electron chi connectivity index (χ4n) is 1.62. The minimum Gasteiger partial charge on any atom is -0.299 e. The molecule has 0 spiro atoms. The van der Waals surface area contributed by atoms with Gasteiger partial charge in [-0.05, 0) is 29.9 Å². The van der Waals surface area contributed by atoms with Gasteiger partial charge in [0.25, 0.3) is 0 Å². The van der Waals surface area contributed by atoms with E-state index in [4.69, 9.17) is 0 Å². The number of carbonyl (C=O) groups excluding carboxylic acids is 1. The van der Waals surface area contributed by atoms with Crippen molar-refractivity contribution >= 4 is 17.1 Å². The van der Waals surface area contributed by atoms with Crippen molar-refractivity contribution in [2.24, 2.45) is 11.3 Å². The summed E-state index contributed by atoms with van der Waals surface area (Å²) in [7, 11) is 0. The fraction of sp³-hybridized carbons (Fsp3) is 0.667. The number of Topliss-reactive ketones (excluding diaryl/α,β-unsaturated/α-hetero) is 1. The third kappa shape index (κ3) is 4.63. The highest BCUT2D eigenvalue weighted by molar-refractivity contribution is 7.12. The number of ketones is 1. The second-order valence-electron chi connectivity index (χ2n) is 5.91. The van der Waals surface area contributed by atoms with Gasteiger partial charge >= 0.3 is 0 Å². The van der Waals surface area contributed by atoms with E-state index in [0.717, 1.165) is 6.42 Å². The molecule has 0 N–H and O–H groups in total. The lowest BCUT2D eigenvalue weighted by atomic mass is 9.79. The summed E-state index contributed by atoms with van der Waals surface area (Å²) in [5.41, 5.74) is 0.222. The average Bonchev–Trinajstić information content (AvgIpc) is 2.63. The number of rotatable bonds is 5. The van der Waals surface area contributed by atoms with E-state index in [0.29, 0.717) is 24.5 Å². The monoisotopic (exact) mass is 252 g/mol. The molecule has 0 saturated heterocycles. The highest BCUT2D eigenvalue weighted by Crippen LogP contribution is 2.29. The SMILES string of the molecule is CCc1ccc(CC(=O)CC(C)C(C)(C)C)s1. The van der Waals surface area contributed by atoms with Crippen molar-refractivity contribution in [1.82, 2.24) is 0 Å². The van der Waals surface area contributed by atoms with E-state index < -0.39 is 0 Å². The molecule has 0 aliphatic carbocycles. The Labute approximate surface area is 109 Å². The third-order valence-electron chi connectivity index (χ3n) is 3.45. The number of thiophene rings is 1. The molecule has 1 rings (SSSR count). The normalized spacial score (nSPS) is 13.7. The van der Waals surface area contributed by atoms with Gasteiger partial charge in [0.15, 0.2) is 0 Å². The van der Waals surface area contributed by atoms with Crippen LogP contribution in [0.4, 0.5) is 0 Å². The molecule has 96 valence electrons. The molecule has 17 heavy (non-hydrogen) atoms. The Bertz CT molecular complexity index is 371. The lowest BCUT2D eigenvalue weighted by Gasteiger charge is -2.26. The first-order chi connectivity index (χ1) is 7.82. The second-order valence-corrected chi connectivity index (χ2v) is 7.16. The van der Waals surface area contributed by atoms with Crippen molar-refractivity contribution < 1.29 is 4.79 Å². The van der Waals surface area contributed by atoms with Crippen LogP contribution in [0.1, 0.15) is 50.8 Å². The first kappa shape index (κ1) is 14.4. The van der Waals surface area contributed by atoms with Crippen LogP contribution in [0.25, 0.3) is 0 Å². The number of carbonyl (C=O) groups is 1. The van der Waals surface area contributed by atoms with Crippen LogP contribution >= 0.6 is 11.3 Å². The predicted octanol–water partition coefficient (Wildman–Crippen LogP) is 4.49. The molecule has 0 aromatic carbocycles. The maximum Gasteiger partial charge on any atom is 0.138 e. The van der Waals surface area contributed by atoms with E-state index in [1.165, 1.54) is 9.75 Å². The van der Waals surface area contributed by atoms with Gasteiger partial charge in [0.2, 0.25) is 0 Å². The summed E-state index contributed by atoms with van der Waals surface area (Å²) in [6.07, 6.45) is 2.38. The van der Waals surface area contributed by atoms with Gasteiger partial charge < -0.3 is 0 Å². The molecule has 1 unspecified atom stereocenters. The number of aryl methyl sites for hydroxylation is 1. The minimum atomic E-state index is 0.222. The first-order valence-corrected chi connectivity index (χ1v) is 7.24. The van der Waals surface area contributed by atoms with Gasteiger partial charge in [-0.2, -0.15) is 0 Å². The molecule has 1 heterocycles. The zero-order valence-electron chi connectivity index (χ0n) is 11.7. The number of hydrogen-bond acceptors (Lipinski definition) is 2. The highest BCUT2D eigenvalue weighted by Gasteiger charge is 2.22. The Morgan fingerprint density at radius 1 is 1.29 bits per heavy atom. The van der Waals surface area contributed by atoms with Gasteiger partial charge in [0.1, 0.15) is 5.78 Å². The van der Waals surface area contributed by atoms with Crippen LogP contribution < -0.4 is 0 Å². The maximum atomic E-state index is 12.0. The van der Waals surface area contributed by atoms with Crippen molar-refractivity contribution in [3.05, 3.63) is 21.9 Å². The van der Waals surface area contributed by atoms with Crippen LogP contribution in [0.5, 0.6) is 0 Å². The molecule has 0 saturated carbocycles. The highest BCUT2D eigenvalue weighted by atomic mass is 32.1. The summed E-state index contributed by atoms with van der Waals surface area (Å²) in [6, 6.07) is 4.24. The molecule has 0 amide bonds. The first-order valence-electron chi connectivity index (χ1n) is 6.42. The Kier molecular flexibility index (Phi) is 4.93. The molecule has 2 heteroatoms. The van der Waals surface area contributed by atoms with E-state index in [2.05, 4.69) is 46.8 Å². The summed E-state index contributed by atoms with van der Waals surface area (Å²) < 4.78 is 0. The molecular formula is C15H24OS. The van der Waals surface area contributed by atoms with Gasteiger partial charge in [0, 0.05) is 22.6 Å². The van der Waals surface area contributed by atoms with Crippen molar-refractivity contribution in [2.75, 3.05) is 0 Å². The zero-order valence-corrected chi connectivity index (χ0v) is 12.5. The van der Waals surface area contributed by atoms with Gasteiger partial charge in [0.05, 0.1) is 0 Å². The molecule has 0 radical (unpaired) electrons. The van der Waals surface area contributed by atoms with Crippen LogP contribution in [-0.2, 0) is 17.6 Å². The summed E-state index contributed by atoms with van der Waals surface area (Å²) in [6.45, 7) is 10.9. The zero-order chi connectivity index (χ0) is 13.1. The molecule has 0 aliphatic rings. The summed E-state index contributed by atoms with van der Waals surface area (Å²) in [5, 5.41) is 0. The minimum absolute atomic E-state index is 0.222. The largest absolute Gasteiger partial charge is 0.299 e. The molecule has 1 aromatic heterocycles. The molecule has 0 bridgehead atoms. The third-order valence-corrected chi connectivity index (χ3v) is 4.68. The maximum absolute atomic E-state index is 12.0. The Morgan fingerprint density at radius 2 is 1.88 bits per heavy atom. The van der Waals surface area contributed by atoms with Crippen LogP contribution in [0, 0.1) is 11.3 Å². The lowest BCUT2D eigenvalue weighted by Crippen LogP contribution is -2.21. The van der Waals surface area contributed by atoms with Crippen molar-refractivity contribution in [3.8, 4) is 0 Å². The van der Waals surface area contributed by atoms with E-state index in [1.54, 1.807) is 11.3 Å². The van der Waals surface area contributed by atoms with Crippen molar-refractivity contribution in [1.29, 1.82) is 0 Å². The molecule has 1 atom stereocenters. The summed E-state index contributed by atoms with van der Waals surface area (Å²) in [5.74, 6) is 0.817. The van der Waals surface area contributed by atoms with E-state index in [9.17, 15) is 4.79 Å². The molecule has 1 nitrogen and oxygen atoms in total. The average molecular weight is 252 g/mol. The van der Waals surface area contributed by atoms with Gasteiger partial charge in [-0.1, -0.05) is 34.6 Å². The van der Waals surface area contributed by atoms with E-state index in [1.807, 2.05) is 0 Å². The Hall–Kier alpha value is -0.630. The summed E-state index contributed by atoms with van der Waals surface area (Å²) >= 11 is 1.77. The van der Waals surface area contributed by atoms with Gasteiger partial charge in [-0.15, -0.1) is 11.3 Å². The molecule has 0 aliphatic heterocycles. The molecule has 0 fully saturated rings. The van der Waals surface area contributed by atoms with E-state index >= 15 is 0 Å².